The van der Waals surface area contributed by atoms with E-state index in [1.54, 1.807) is 17.2 Å². The molecule has 0 fully saturated rings. The smallest absolute Gasteiger partial charge is 0.163 e. The zero-order chi connectivity index (χ0) is 15.1. The highest BCUT2D eigenvalue weighted by Crippen LogP contribution is 2.37. The third-order valence-electron chi connectivity index (χ3n) is 4.27. The van der Waals surface area contributed by atoms with Gasteiger partial charge in [0.2, 0.25) is 0 Å². The van der Waals surface area contributed by atoms with Crippen molar-refractivity contribution in [2.45, 2.75) is 25.9 Å². The summed E-state index contributed by atoms with van der Waals surface area (Å²) in [6.07, 6.45) is 4.44. The summed E-state index contributed by atoms with van der Waals surface area (Å²) in [5.74, 6) is 0.929. The average molecular weight is 315 g/mol. The predicted molar refractivity (Wildman–Crippen MR) is 86.2 cm³/mol. The second-order valence-corrected chi connectivity index (χ2v) is 6.45. The molecule has 0 amide bonds. The first kappa shape index (κ1) is 13.7. The number of rotatable bonds is 3. The first-order valence-corrected chi connectivity index (χ1v) is 8.28. The number of aliphatic hydroxyl groups excluding tert-OH is 1. The lowest BCUT2D eigenvalue weighted by Crippen LogP contribution is -2.33. The van der Waals surface area contributed by atoms with Crippen LogP contribution in [0.15, 0.2) is 24.0 Å². The van der Waals surface area contributed by atoms with Crippen molar-refractivity contribution in [3.63, 3.8) is 0 Å². The molecule has 114 valence electrons. The Balaban J connectivity index is 1.79. The third kappa shape index (κ3) is 2.00. The average Bonchev–Trinajstić information content (AvgIpc) is 3.16. The molecule has 1 atom stereocenters. The van der Waals surface area contributed by atoms with E-state index in [0.29, 0.717) is 12.6 Å². The number of hydrogen-bond acceptors (Lipinski definition) is 6. The molecule has 22 heavy (non-hydrogen) atoms. The van der Waals surface area contributed by atoms with Gasteiger partial charge in [0.05, 0.1) is 30.8 Å². The Morgan fingerprint density at radius 1 is 1.41 bits per heavy atom. The zero-order valence-electron chi connectivity index (χ0n) is 12.3. The van der Waals surface area contributed by atoms with Crippen LogP contribution in [0.25, 0.3) is 11.0 Å². The highest BCUT2D eigenvalue weighted by Gasteiger charge is 2.27. The van der Waals surface area contributed by atoms with Gasteiger partial charge in [-0.15, -0.1) is 11.3 Å². The largest absolute Gasteiger partial charge is 0.394 e. The maximum absolute atomic E-state index is 9.13. The molecular formula is C15H17N5OS. The van der Waals surface area contributed by atoms with Crippen molar-refractivity contribution >= 4 is 28.2 Å². The van der Waals surface area contributed by atoms with Gasteiger partial charge in [0.15, 0.2) is 5.65 Å². The molecule has 3 aromatic heterocycles. The number of fused-ring (bicyclic) bond motifs is 2. The highest BCUT2D eigenvalue weighted by atomic mass is 32.1. The number of anilines is 1. The minimum atomic E-state index is 0.0501. The number of nitrogens with zero attached hydrogens (tertiary/aromatic N) is 5. The molecule has 0 aliphatic carbocycles. The number of aliphatic hydroxyl groups is 1. The fourth-order valence-electron chi connectivity index (χ4n) is 3.17. The van der Waals surface area contributed by atoms with E-state index >= 15 is 0 Å². The summed E-state index contributed by atoms with van der Waals surface area (Å²) in [5, 5.41) is 16.6. The second kappa shape index (κ2) is 5.33. The summed E-state index contributed by atoms with van der Waals surface area (Å²) in [6, 6.07) is 2.51. The van der Waals surface area contributed by atoms with Gasteiger partial charge in [0.25, 0.3) is 0 Å². The first-order chi connectivity index (χ1) is 10.8. The Labute approximate surface area is 132 Å². The van der Waals surface area contributed by atoms with Gasteiger partial charge < -0.3 is 10.0 Å². The lowest BCUT2D eigenvalue weighted by atomic mass is 10.0. The van der Waals surface area contributed by atoms with Gasteiger partial charge in [-0.1, -0.05) is 0 Å². The molecule has 4 rings (SSSR count). The van der Waals surface area contributed by atoms with Crippen LogP contribution >= 0.6 is 11.3 Å². The van der Waals surface area contributed by atoms with Crippen molar-refractivity contribution in [2.75, 3.05) is 18.1 Å². The molecule has 0 aromatic carbocycles. The lowest BCUT2D eigenvalue weighted by molar-refractivity contribution is 0.271. The van der Waals surface area contributed by atoms with Crippen LogP contribution in [-0.4, -0.2) is 38.0 Å². The molecule has 1 aliphatic rings. The SMILES string of the molecule is CC1c2ccsc2CCN1c1ncnc2c1cnn2CCO. The van der Waals surface area contributed by atoms with Gasteiger partial charge in [0.1, 0.15) is 12.1 Å². The van der Waals surface area contributed by atoms with Gasteiger partial charge in [0, 0.05) is 11.4 Å². The monoisotopic (exact) mass is 315 g/mol. The summed E-state index contributed by atoms with van der Waals surface area (Å²) in [5.41, 5.74) is 2.17. The van der Waals surface area contributed by atoms with Gasteiger partial charge in [-0.25, -0.2) is 14.6 Å². The number of thiophene rings is 1. The van der Waals surface area contributed by atoms with Crippen LogP contribution in [0.3, 0.4) is 0 Å². The van der Waals surface area contributed by atoms with E-state index < -0.39 is 0 Å². The number of hydrogen-bond donors (Lipinski definition) is 1. The van der Waals surface area contributed by atoms with Crippen LogP contribution in [0.5, 0.6) is 0 Å². The molecule has 1 unspecified atom stereocenters. The van der Waals surface area contributed by atoms with E-state index in [-0.39, 0.29) is 6.61 Å². The maximum atomic E-state index is 9.13. The maximum Gasteiger partial charge on any atom is 0.163 e. The molecule has 0 bridgehead atoms. The molecule has 1 aliphatic heterocycles. The van der Waals surface area contributed by atoms with E-state index in [4.69, 9.17) is 5.11 Å². The van der Waals surface area contributed by atoms with Crippen LogP contribution in [0.1, 0.15) is 23.4 Å². The van der Waals surface area contributed by atoms with E-state index in [1.807, 2.05) is 11.3 Å². The normalized spacial score (nSPS) is 17.9. The van der Waals surface area contributed by atoms with Crippen LogP contribution in [0.2, 0.25) is 0 Å². The lowest BCUT2D eigenvalue weighted by Gasteiger charge is -2.34. The first-order valence-electron chi connectivity index (χ1n) is 7.40. The molecule has 4 heterocycles. The third-order valence-corrected chi connectivity index (χ3v) is 5.27. The summed E-state index contributed by atoms with van der Waals surface area (Å²) in [4.78, 5) is 12.6. The van der Waals surface area contributed by atoms with E-state index in [0.717, 1.165) is 29.8 Å². The molecule has 6 nitrogen and oxygen atoms in total. The Hall–Kier alpha value is -1.99. The summed E-state index contributed by atoms with van der Waals surface area (Å²) < 4.78 is 1.73. The van der Waals surface area contributed by atoms with Gasteiger partial charge >= 0.3 is 0 Å². The topological polar surface area (TPSA) is 67.1 Å². The molecule has 1 N–H and O–H groups in total. The van der Waals surface area contributed by atoms with Crippen LogP contribution < -0.4 is 4.90 Å². The van der Waals surface area contributed by atoms with Crippen molar-refractivity contribution in [1.82, 2.24) is 19.7 Å². The van der Waals surface area contributed by atoms with Crippen LogP contribution in [0, 0.1) is 0 Å². The van der Waals surface area contributed by atoms with Crippen molar-refractivity contribution in [1.29, 1.82) is 0 Å². The summed E-state index contributed by atoms with van der Waals surface area (Å²) in [6.45, 7) is 3.67. The Morgan fingerprint density at radius 2 is 2.32 bits per heavy atom. The van der Waals surface area contributed by atoms with Crippen LogP contribution in [-0.2, 0) is 13.0 Å². The van der Waals surface area contributed by atoms with Crippen molar-refractivity contribution in [2.24, 2.45) is 0 Å². The van der Waals surface area contributed by atoms with Gasteiger partial charge in [-0.2, -0.15) is 5.10 Å². The molecule has 0 spiro atoms. The Kier molecular flexibility index (Phi) is 3.31. The number of aromatic nitrogens is 4. The quantitative estimate of drug-likeness (QED) is 0.801. The van der Waals surface area contributed by atoms with Crippen molar-refractivity contribution in [3.8, 4) is 0 Å². The molecule has 0 saturated carbocycles. The van der Waals surface area contributed by atoms with Crippen LogP contribution in [0.4, 0.5) is 5.82 Å². The fraction of sp³-hybridized carbons (Fsp3) is 0.400. The molecule has 0 saturated heterocycles. The predicted octanol–water partition coefficient (Wildman–Crippen LogP) is 2.00. The minimum absolute atomic E-state index is 0.0501. The summed E-state index contributed by atoms with van der Waals surface area (Å²) in [7, 11) is 0. The summed E-state index contributed by atoms with van der Waals surface area (Å²) >= 11 is 1.84. The Morgan fingerprint density at radius 3 is 3.18 bits per heavy atom. The molecule has 3 aromatic rings. The highest BCUT2D eigenvalue weighted by molar-refractivity contribution is 7.10. The van der Waals surface area contributed by atoms with E-state index in [1.165, 1.54) is 10.4 Å². The van der Waals surface area contributed by atoms with E-state index in [9.17, 15) is 0 Å². The second-order valence-electron chi connectivity index (χ2n) is 5.44. The minimum Gasteiger partial charge on any atom is -0.394 e. The van der Waals surface area contributed by atoms with Gasteiger partial charge in [-0.3, -0.25) is 0 Å². The zero-order valence-corrected chi connectivity index (χ0v) is 13.1. The van der Waals surface area contributed by atoms with Crippen molar-refractivity contribution in [3.05, 3.63) is 34.4 Å². The van der Waals surface area contributed by atoms with Gasteiger partial charge in [-0.05, 0) is 30.4 Å². The Bertz CT molecular complexity index is 811. The standard InChI is InChI=1S/C15H17N5OS/c1-10-11-3-7-22-13(11)2-4-19(10)14-12-8-18-20(5-6-21)15(12)17-9-16-14/h3,7-10,21H,2,4-6H2,1H3. The molecule has 7 heteroatoms. The van der Waals surface area contributed by atoms with Crippen molar-refractivity contribution < 1.29 is 5.11 Å². The molecule has 0 radical (unpaired) electrons. The van der Waals surface area contributed by atoms with E-state index in [2.05, 4.69) is 38.3 Å². The molecular weight excluding hydrogens is 298 g/mol. The fourth-order valence-corrected chi connectivity index (χ4v) is 4.13.